The number of amides is 1. The number of anilines is 1. The van der Waals surface area contributed by atoms with E-state index in [1.807, 2.05) is 0 Å². The Hall–Kier alpha value is -1.26. The second-order valence-electron chi connectivity index (χ2n) is 2.44. The van der Waals surface area contributed by atoms with Gasteiger partial charge < -0.3 is 5.73 Å². The van der Waals surface area contributed by atoms with Crippen LogP contribution < -0.4 is 16.6 Å². The minimum atomic E-state index is -0.303. The van der Waals surface area contributed by atoms with Gasteiger partial charge in [0.1, 0.15) is 0 Å². The lowest BCUT2D eigenvalue weighted by Gasteiger charge is -2.05. The average molecular weight is 200 g/mol. The van der Waals surface area contributed by atoms with Crippen molar-refractivity contribution < 1.29 is 4.79 Å². The number of hydrazine groups is 1. The summed E-state index contributed by atoms with van der Waals surface area (Å²) in [6, 6.07) is 4.74. The van der Waals surface area contributed by atoms with E-state index in [1.165, 1.54) is 6.07 Å². The number of nitrogens with two attached hydrogens (primary N) is 1. The fourth-order valence-corrected chi connectivity index (χ4v) is 1.08. The van der Waals surface area contributed by atoms with Crippen LogP contribution in [0.5, 0.6) is 0 Å². The van der Waals surface area contributed by atoms with Crippen LogP contribution in [0.4, 0.5) is 5.69 Å². The molecule has 5 heteroatoms. The van der Waals surface area contributed by atoms with E-state index >= 15 is 0 Å². The Morgan fingerprint density at radius 1 is 1.54 bits per heavy atom. The van der Waals surface area contributed by atoms with E-state index in [2.05, 4.69) is 10.9 Å². The number of halogens is 1. The molecule has 4 nitrogen and oxygen atoms in total. The molecule has 0 saturated heterocycles. The molecule has 0 aliphatic rings. The molecule has 0 saturated carbocycles. The first kappa shape index (κ1) is 9.83. The Balaban J connectivity index is 2.99. The Kier molecular flexibility index (Phi) is 3.11. The van der Waals surface area contributed by atoms with Gasteiger partial charge in [-0.25, -0.2) is 5.43 Å². The van der Waals surface area contributed by atoms with Crippen molar-refractivity contribution in [2.75, 3.05) is 12.8 Å². The number of carbonyl (C=O) groups excluding carboxylic acids is 1. The van der Waals surface area contributed by atoms with Gasteiger partial charge in [-0.15, -0.1) is 0 Å². The van der Waals surface area contributed by atoms with Crippen molar-refractivity contribution in [1.29, 1.82) is 0 Å². The van der Waals surface area contributed by atoms with Gasteiger partial charge >= 0.3 is 0 Å². The van der Waals surface area contributed by atoms with Gasteiger partial charge in [-0.2, -0.15) is 0 Å². The first-order valence-electron chi connectivity index (χ1n) is 3.67. The molecular weight excluding hydrogens is 190 g/mol. The van der Waals surface area contributed by atoms with Crippen LogP contribution in [0.1, 0.15) is 10.4 Å². The Labute approximate surface area is 81.0 Å². The summed E-state index contributed by atoms with van der Waals surface area (Å²) in [7, 11) is 1.60. The van der Waals surface area contributed by atoms with E-state index < -0.39 is 0 Å². The van der Waals surface area contributed by atoms with Crippen LogP contribution in [-0.4, -0.2) is 13.0 Å². The minimum Gasteiger partial charge on any atom is -0.398 e. The molecule has 13 heavy (non-hydrogen) atoms. The predicted molar refractivity (Wildman–Crippen MR) is 52.4 cm³/mol. The van der Waals surface area contributed by atoms with Gasteiger partial charge in [-0.3, -0.25) is 10.2 Å². The average Bonchev–Trinajstić information content (AvgIpc) is 2.09. The van der Waals surface area contributed by atoms with Gasteiger partial charge in [0.2, 0.25) is 0 Å². The molecule has 0 aromatic heterocycles. The highest BCUT2D eigenvalue weighted by Crippen LogP contribution is 2.17. The highest BCUT2D eigenvalue weighted by Gasteiger charge is 2.08. The number of benzene rings is 1. The molecule has 0 heterocycles. The number of hydrogen-bond acceptors (Lipinski definition) is 3. The van der Waals surface area contributed by atoms with E-state index in [4.69, 9.17) is 17.3 Å². The van der Waals surface area contributed by atoms with Gasteiger partial charge in [-0.1, -0.05) is 11.6 Å². The lowest BCUT2D eigenvalue weighted by atomic mass is 10.2. The zero-order valence-electron chi connectivity index (χ0n) is 7.10. The van der Waals surface area contributed by atoms with Crippen molar-refractivity contribution in [1.82, 2.24) is 10.9 Å². The van der Waals surface area contributed by atoms with Crippen molar-refractivity contribution in [3.8, 4) is 0 Å². The van der Waals surface area contributed by atoms with E-state index in [0.29, 0.717) is 16.3 Å². The maximum Gasteiger partial charge on any atom is 0.267 e. The normalized spacial score (nSPS) is 9.69. The monoisotopic (exact) mass is 199 g/mol. The third kappa shape index (κ3) is 2.34. The van der Waals surface area contributed by atoms with Gasteiger partial charge in [0, 0.05) is 17.8 Å². The summed E-state index contributed by atoms with van der Waals surface area (Å²) >= 11 is 5.71. The SMILES string of the molecule is CNNC(=O)c1cc(Cl)ccc1N. The molecule has 0 atom stereocenters. The molecule has 0 bridgehead atoms. The lowest BCUT2D eigenvalue weighted by molar-refractivity contribution is 0.0939. The first-order chi connectivity index (χ1) is 6.15. The van der Waals surface area contributed by atoms with Crippen LogP contribution in [0.3, 0.4) is 0 Å². The molecule has 0 unspecified atom stereocenters. The second kappa shape index (κ2) is 4.11. The molecule has 0 aliphatic heterocycles. The van der Waals surface area contributed by atoms with Crippen LogP contribution in [0.25, 0.3) is 0 Å². The highest BCUT2D eigenvalue weighted by atomic mass is 35.5. The zero-order chi connectivity index (χ0) is 9.84. The molecule has 0 radical (unpaired) electrons. The molecule has 1 rings (SSSR count). The van der Waals surface area contributed by atoms with Crippen molar-refractivity contribution >= 4 is 23.2 Å². The molecular formula is C8H10ClN3O. The van der Waals surface area contributed by atoms with E-state index in [-0.39, 0.29) is 5.91 Å². The molecule has 1 amide bonds. The molecule has 0 spiro atoms. The van der Waals surface area contributed by atoms with Crippen LogP contribution >= 0.6 is 11.6 Å². The van der Waals surface area contributed by atoms with Gasteiger partial charge in [0.15, 0.2) is 0 Å². The fraction of sp³-hybridized carbons (Fsp3) is 0.125. The van der Waals surface area contributed by atoms with Gasteiger partial charge in [-0.05, 0) is 18.2 Å². The maximum atomic E-state index is 11.3. The largest absolute Gasteiger partial charge is 0.398 e. The smallest absolute Gasteiger partial charge is 0.267 e. The van der Waals surface area contributed by atoms with Gasteiger partial charge in [0.05, 0.1) is 5.56 Å². The zero-order valence-corrected chi connectivity index (χ0v) is 7.85. The molecule has 70 valence electrons. The Bertz CT molecular complexity index is 327. The Morgan fingerprint density at radius 3 is 2.85 bits per heavy atom. The van der Waals surface area contributed by atoms with Crippen LogP contribution in [0, 0.1) is 0 Å². The van der Waals surface area contributed by atoms with Crippen molar-refractivity contribution in [2.24, 2.45) is 0 Å². The number of nitrogen functional groups attached to an aromatic ring is 1. The summed E-state index contributed by atoms with van der Waals surface area (Å²) < 4.78 is 0. The Morgan fingerprint density at radius 2 is 2.23 bits per heavy atom. The topological polar surface area (TPSA) is 67.1 Å². The third-order valence-electron chi connectivity index (χ3n) is 1.50. The molecule has 1 aromatic carbocycles. The lowest BCUT2D eigenvalue weighted by Crippen LogP contribution is -2.34. The molecule has 4 N–H and O–H groups in total. The summed E-state index contributed by atoms with van der Waals surface area (Å²) in [5, 5.41) is 0.482. The summed E-state index contributed by atoms with van der Waals surface area (Å²) in [6.07, 6.45) is 0. The standard InChI is InChI=1S/C8H10ClN3O/c1-11-12-8(13)6-4-5(9)2-3-7(6)10/h2-4,11H,10H2,1H3,(H,12,13). The maximum absolute atomic E-state index is 11.3. The van der Waals surface area contributed by atoms with Crippen molar-refractivity contribution in [3.63, 3.8) is 0 Å². The number of carbonyl (C=O) groups is 1. The third-order valence-corrected chi connectivity index (χ3v) is 1.73. The van der Waals surface area contributed by atoms with Crippen molar-refractivity contribution in [3.05, 3.63) is 28.8 Å². The van der Waals surface area contributed by atoms with Crippen LogP contribution in [-0.2, 0) is 0 Å². The fourth-order valence-electron chi connectivity index (χ4n) is 0.906. The molecule has 1 aromatic rings. The predicted octanol–water partition coefficient (Wildman–Crippen LogP) is 0.786. The van der Waals surface area contributed by atoms with Gasteiger partial charge in [0.25, 0.3) is 5.91 Å². The summed E-state index contributed by atoms with van der Waals surface area (Å²) in [5.74, 6) is -0.303. The number of hydrogen-bond donors (Lipinski definition) is 3. The summed E-state index contributed by atoms with van der Waals surface area (Å²) in [6.45, 7) is 0. The molecule has 0 aliphatic carbocycles. The quantitative estimate of drug-likeness (QED) is 0.487. The summed E-state index contributed by atoms with van der Waals surface area (Å²) in [4.78, 5) is 11.3. The first-order valence-corrected chi connectivity index (χ1v) is 4.05. The number of rotatable bonds is 2. The summed E-state index contributed by atoms with van der Waals surface area (Å²) in [5.41, 5.74) is 11.3. The van der Waals surface area contributed by atoms with Crippen LogP contribution in [0.2, 0.25) is 5.02 Å². The van der Waals surface area contributed by atoms with E-state index in [1.54, 1.807) is 19.2 Å². The van der Waals surface area contributed by atoms with E-state index in [9.17, 15) is 4.79 Å². The number of nitrogens with one attached hydrogen (secondary N) is 2. The van der Waals surface area contributed by atoms with Crippen LogP contribution in [0.15, 0.2) is 18.2 Å². The highest BCUT2D eigenvalue weighted by molar-refractivity contribution is 6.31. The second-order valence-corrected chi connectivity index (χ2v) is 2.87. The van der Waals surface area contributed by atoms with Crippen molar-refractivity contribution in [2.45, 2.75) is 0 Å². The minimum absolute atomic E-state index is 0.303. The van der Waals surface area contributed by atoms with E-state index in [0.717, 1.165) is 0 Å². The molecule has 0 fully saturated rings.